The highest BCUT2D eigenvalue weighted by Crippen LogP contribution is 2.29. The first-order chi connectivity index (χ1) is 13.0. The summed E-state index contributed by atoms with van der Waals surface area (Å²) < 4.78 is 32.2. The number of nitrogens with one attached hydrogen (secondary N) is 1. The van der Waals surface area contributed by atoms with Crippen LogP contribution in [0.15, 0.2) is 53.7 Å². The summed E-state index contributed by atoms with van der Waals surface area (Å²) in [6.45, 7) is -2.76. The van der Waals surface area contributed by atoms with Gasteiger partial charge >= 0.3 is 12.5 Å². The van der Waals surface area contributed by atoms with E-state index in [4.69, 9.17) is 0 Å². The summed E-state index contributed by atoms with van der Waals surface area (Å²) in [5.74, 6) is -1.04. The van der Waals surface area contributed by atoms with Crippen LogP contribution in [0.3, 0.4) is 0 Å². The van der Waals surface area contributed by atoms with Crippen molar-refractivity contribution in [2.24, 2.45) is 0 Å². The zero-order valence-corrected chi connectivity index (χ0v) is 15.0. The van der Waals surface area contributed by atoms with Crippen LogP contribution in [-0.2, 0) is 9.53 Å². The predicted molar refractivity (Wildman–Crippen MR) is 98.1 cm³/mol. The molecule has 0 saturated heterocycles. The van der Waals surface area contributed by atoms with Crippen molar-refractivity contribution in [1.82, 2.24) is 9.55 Å². The second kappa shape index (κ2) is 8.17. The summed E-state index contributed by atoms with van der Waals surface area (Å²) in [7, 11) is 1.26. The van der Waals surface area contributed by atoms with Gasteiger partial charge in [0.1, 0.15) is 0 Å². The molecule has 1 heterocycles. The predicted octanol–water partition coefficient (Wildman–Crippen LogP) is 3.95. The molecule has 0 saturated carbocycles. The van der Waals surface area contributed by atoms with Gasteiger partial charge in [0.15, 0.2) is 5.16 Å². The molecule has 0 spiro atoms. The number of hydrogen-bond donors (Lipinski definition) is 1. The molecule has 1 N–H and O–H groups in total. The van der Waals surface area contributed by atoms with Crippen LogP contribution in [0.25, 0.3) is 11.0 Å². The standard InChI is InChI=1S/C18H15F2N3O3S/c1-26-16(25)11-5-4-6-12(9-11)21-15(24)10-27-18-22-13-7-2-3-8-14(13)23(18)17(19)20/h2-9,17H,10H2,1H3,(H,21,24). The first-order valence-electron chi connectivity index (χ1n) is 7.85. The number of halogens is 2. The molecule has 0 aliphatic rings. The molecule has 1 aromatic heterocycles. The maximum atomic E-state index is 13.4. The van der Waals surface area contributed by atoms with E-state index in [0.29, 0.717) is 22.3 Å². The third-order valence-electron chi connectivity index (χ3n) is 3.66. The maximum Gasteiger partial charge on any atom is 0.337 e. The van der Waals surface area contributed by atoms with Gasteiger partial charge in [-0.15, -0.1) is 0 Å². The SMILES string of the molecule is COC(=O)c1cccc(NC(=O)CSc2nc3ccccc3n2C(F)F)c1. The van der Waals surface area contributed by atoms with Gasteiger partial charge in [0.05, 0.1) is 29.5 Å². The number of carbonyl (C=O) groups excluding carboxylic acids is 2. The molecule has 0 fully saturated rings. The number of nitrogens with zero attached hydrogens (tertiary/aromatic N) is 2. The van der Waals surface area contributed by atoms with Gasteiger partial charge in [-0.1, -0.05) is 30.0 Å². The molecule has 27 heavy (non-hydrogen) atoms. The summed E-state index contributed by atoms with van der Waals surface area (Å²) in [5, 5.41) is 2.68. The van der Waals surface area contributed by atoms with Crippen LogP contribution >= 0.6 is 11.8 Å². The molecule has 3 rings (SSSR count). The number of anilines is 1. The molecule has 3 aromatic rings. The highest BCUT2D eigenvalue weighted by Gasteiger charge is 2.19. The van der Waals surface area contributed by atoms with Crippen molar-refractivity contribution in [2.45, 2.75) is 11.7 Å². The molecule has 0 unspecified atom stereocenters. The second-order valence-electron chi connectivity index (χ2n) is 5.44. The molecule has 140 valence electrons. The Balaban J connectivity index is 1.70. The number of methoxy groups -OCH3 is 1. The van der Waals surface area contributed by atoms with Gasteiger partial charge in [0, 0.05) is 5.69 Å². The summed E-state index contributed by atoms with van der Waals surface area (Å²) in [4.78, 5) is 27.9. The van der Waals surface area contributed by atoms with E-state index >= 15 is 0 Å². The zero-order chi connectivity index (χ0) is 19.4. The first kappa shape index (κ1) is 18.8. The Morgan fingerprint density at radius 1 is 1.22 bits per heavy atom. The number of aromatic nitrogens is 2. The number of amides is 1. The zero-order valence-electron chi connectivity index (χ0n) is 14.2. The topological polar surface area (TPSA) is 73.2 Å². The molecular formula is C18H15F2N3O3S. The molecule has 9 heteroatoms. The van der Waals surface area contributed by atoms with Gasteiger partial charge < -0.3 is 10.1 Å². The molecule has 0 aliphatic heterocycles. The van der Waals surface area contributed by atoms with E-state index in [1.807, 2.05) is 0 Å². The lowest BCUT2D eigenvalue weighted by atomic mass is 10.2. The van der Waals surface area contributed by atoms with Crippen LogP contribution in [-0.4, -0.2) is 34.3 Å². The number of imidazole rings is 1. The van der Waals surface area contributed by atoms with Crippen LogP contribution in [0, 0.1) is 0 Å². The van der Waals surface area contributed by atoms with Crippen LogP contribution < -0.4 is 5.32 Å². The van der Waals surface area contributed by atoms with Crippen molar-refractivity contribution in [3.63, 3.8) is 0 Å². The molecule has 0 atom stereocenters. The number of benzene rings is 2. The average Bonchev–Trinajstić information content (AvgIpc) is 3.04. The van der Waals surface area contributed by atoms with E-state index in [0.717, 1.165) is 16.3 Å². The lowest BCUT2D eigenvalue weighted by Crippen LogP contribution is -2.15. The Hall–Kier alpha value is -2.94. The molecule has 6 nitrogen and oxygen atoms in total. The average molecular weight is 391 g/mol. The molecule has 0 radical (unpaired) electrons. The molecular weight excluding hydrogens is 376 g/mol. The van der Waals surface area contributed by atoms with E-state index < -0.39 is 18.4 Å². The molecule has 0 bridgehead atoms. The maximum absolute atomic E-state index is 13.4. The second-order valence-corrected chi connectivity index (χ2v) is 6.38. The number of esters is 1. The lowest BCUT2D eigenvalue weighted by molar-refractivity contribution is -0.113. The summed E-state index contributed by atoms with van der Waals surface area (Å²) in [6, 6.07) is 12.8. The number of ether oxygens (including phenoxy) is 1. The van der Waals surface area contributed by atoms with E-state index in [2.05, 4.69) is 15.0 Å². The largest absolute Gasteiger partial charge is 0.465 e. The van der Waals surface area contributed by atoms with Gasteiger partial charge in [-0.25, -0.2) is 9.78 Å². The smallest absolute Gasteiger partial charge is 0.337 e. The quantitative estimate of drug-likeness (QED) is 0.509. The van der Waals surface area contributed by atoms with Gasteiger partial charge in [-0.2, -0.15) is 8.78 Å². The van der Waals surface area contributed by atoms with Crippen LogP contribution in [0.4, 0.5) is 14.5 Å². The van der Waals surface area contributed by atoms with E-state index in [1.165, 1.54) is 13.2 Å². The van der Waals surface area contributed by atoms with Crippen molar-refractivity contribution in [1.29, 1.82) is 0 Å². The number of thioether (sulfide) groups is 1. The van der Waals surface area contributed by atoms with Gasteiger partial charge in [0.2, 0.25) is 5.91 Å². The van der Waals surface area contributed by atoms with Crippen LogP contribution in [0.2, 0.25) is 0 Å². The van der Waals surface area contributed by atoms with Crippen molar-refractivity contribution in [2.75, 3.05) is 18.2 Å². The minimum atomic E-state index is -2.76. The van der Waals surface area contributed by atoms with Crippen molar-refractivity contribution < 1.29 is 23.1 Å². The van der Waals surface area contributed by atoms with E-state index in [-0.39, 0.29) is 10.9 Å². The third-order valence-corrected chi connectivity index (χ3v) is 4.61. The highest BCUT2D eigenvalue weighted by atomic mass is 32.2. The Morgan fingerprint density at radius 3 is 2.74 bits per heavy atom. The molecule has 1 amide bonds. The summed E-state index contributed by atoms with van der Waals surface area (Å²) >= 11 is 0.912. The highest BCUT2D eigenvalue weighted by molar-refractivity contribution is 7.99. The Labute approximate surface area is 157 Å². The number of hydrogen-bond acceptors (Lipinski definition) is 5. The van der Waals surface area contributed by atoms with Crippen LogP contribution in [0.1, 0.15) is 16.9 Å². The normalized spacial score (nSPS) is 11.0. The lowest BCUT2D eigenvalue weighted by Gasteiger charge is -2.08. The first-order valence-corrected chi connectivity index (χ1v) is 8.84. The summed E-state index contributed by atoms with van der Waals surface area (Å²) in [5.41, 5.74) is 1.45. The number of alkyl halides is 2. The van der Waals surface area contributed by atoms with Gasteiger partial charge in [0.25, 0.3) is 0 Å². The minimum Gasteiger partial charge on any atom is -0.465 e. The van der Waals surface area contributed by atoms with E-state index in [1.54, 1.807) is 42.5 Å². The van der Waals surface area contributed by atoms with Crippen LogP contribution in [0.5, 0.6) is 0 Å². The third kappa shape index (κ3) is 4.25. The Morgan fingerprint density at radius 2 is 2.00 bits per heavy atom. The van der Waals surface area contributed by atoms with Crippen molar-refractivity contribution >= 4 is 40.4 Å². The fourth-order valence-electron chi connectivity index (χ4n) is 2.48. The van der Waals surface area contributed by atoms with E-state index in [9.17, 15) is 18.4 Å². The number of fused-ring (bicyclic) bond motifs is 1. The van der Waals surface area contributed by atoms with Gasteiger partial charge in [-0.3, -0.25) is 9.36 Å². The number of carbonyl (C=O) groups is 2. The summed E-state index contributed by atoms with van der Waals surface area (Å²) in [6.07, 6.45) is 0. The molecule has 0 aliphatic carbocycles. The number of para-hydroxylation sites is 2. The fourth-order valence-corrected chi connectivity index (χ4v) is 3.29. The van der Waals surface area contributed by atoms with Crippen molar-refractivity contribution in [3.8, 4) is 0 Å². The molecule has 2 aromatic carbocycles. The van der Waals surface area contributed by atoms with Crippen molar-refractivity contribution in [3.05, 3.63) is 54.1 Å². The monoisotopic (exact) mass is 391 g/mol. The Bertz CT molecular complexity index is 991. The van der Waals surface area contributed by atoms with Gasteiger partial charge in [-0.05, 0) is 30.3 Å². The minimum absolute atomic E-state index is 0.0599. The fraction of sp³-hybridized carbons (Fsp3) is 0.167. The Kier molecular flexibility index (Phi) is 5.70. The number of rotatable bonds is 6.